The summed E-state index contributed by atoms with van der Waals surface area (Å²) >= 11 is 0. The second kappa shape index (κ2) is 7.85. The average Bonchev–Trinajstić information content (AvgIpc) is 3.25. The van der Waals surface area contributed by atoms with Gasteiger partial charge >= 0.3 is 0 Å². The topological polar surface area (TPSA) is 64.7 Å². The molecule has 0 aromatic carbocycles. The standard InChI is InChI=1S/C22H26FN7/c1-14(2)30(15(3)4)20-7-6-16(11-24-20)21-26-19-10-17(23)12-25-22(19)29(21)13-18-8-9-28(5)27-18/h6-12,14-15H,13H2,1-5H3. The number of aryl methyl sites for hydroxylation is 1. The molecule has 0 fully saturated rings. The highest BCUT2D eigenvalue weighted by Crippen LogP contribution is 2.27. The van der Waals surface area contributed by atoms with Crippen LogP contribution < -0.4 is 4.90 Å². The molecule has 0 radical (unpaired) electrons. The molecule has 4 rings (SSSR count). The molecular weight excluding hydrogens is 381 g/mol. The Bertz CT molecular complexity index is 1150. The Morgan fingerprint density at radius 2 is 1.80 bits per heavy atom. The molecule has 4 aromatic heterocycles. The minimum absolute atomic E-state index is 0.337. The Hall–Kier alpha value is -3.29. The summed E-state index contributed by atoms with van der Waals surface area (Å²) in [6.45, 7) is 9.10. The molecule has 7 nitrogen and oxygen atoms in total. The van der Waals surface area contributed by atoms with Gasteiger partial charge in [0, 0.05) is 43.2 Å². The van der Waals surface area contributed by atoms with Crippen molar-refractivity contribution in [2.75, 3.05) is 4.90 Å². The van der Waals surface area contributed by atoms with Gasteiger partial charge in [-0.3, -0.25) is 4.68 Å². The van der Waals surface area contributed by atoms with Crippen molar-refractivity contribution in [3.8, 4) is 11.4 Å². The predicted molar refractivity (Wildman–Crippen MR) is 116 cm³/mol. The fraction of sp³-hybridized carbons (Fsp3) is 0.364. The number of imidazole rings is 1. The molecule has 4 heterocycles. The van der Waals surface area contributed by atoms with Gasteiger partial charge in [0.1, 0.15) is 23.0 Å². The van der Waals surface area contributed by atoms with Gasteiger partial charge in [0.15, 0.2) is 5.65 Å². The molecule has 0 aliphatic rings. The second-order valence-corrected chi connectivity index (χ2v) is 8.00. The molecule has 0 saturated carbocycles. The van der Waals surface area contributed by atoms with E-state index in [2.05, 4.69) is 47.7 Å². The zero-order chi connectivity index (χ0) is 21.4. The van der Waals surface area contributed by atoms with Gasteiger partial charge in [0.05, 0.1) is 18.4 Å². The number of hydrogen-bond acceptors (Lipinski definition) is 5. The first kappa shape index (κ1) is 20.0. The SMILES string of the molecule is CC(C)N(c1ccc(-c2nc3cc(F)cnc3n2Cc2ccn(C)n2)cn1)C(C)C. The number of pyridine rings is 2. The lowest BCUT2D eigenvalue weighted by molar-refractivity contribution is 0.600. The van der Waals surface area contributed by atoms with Crippen molar-refractivity contribution in [2.24, 2.45) is 7.05 Å². The van der Waals surface area contributed by atoms with Crippen LogP contribution in [0.2, 0.25) is 0 Å². The largest absolute Gasteiger partial charge is 0.352 e. The first-order valence-electron chi connectivity index (χ1n) is 10.1. The third kappa shape index (κ3) is 3.77. The van der Waals surface area contributed by atoms with Gasteiger partial charge in [-0.1, -0.05) is 0 Å². The molecule has 156 valence electrons. The van der Waals surface area contributed by atoms with Crippen LogP contribution in [0.15, 0.2) is 42.9 Å². The summed E-state index contributed by atoms with van der Waals surface area (Å²) in [5.41, 5.74) is 2.85. The van der Waals surface area contributed by atoms with Crippen molar-refractivity contribution in [2.45, 2.75) is 46.3 Å². The maximum Gasteiger partial charge on any atom is 0.160 e. The van der Waals surface area contributed by atoms with Crippen molar-refractivity contribution < 1.29 is 4.39 Å². The van der Waals surface area contributed by atoms with Gasteiger partial charge < -0.3 is 9.47 Å². The lowest BCUT2D eigenvalue weighted by Crippen LogP contribution is -2.37. The van der Waals surface area contributed by atoms with E-state index in [-0.39, 0.29) is 0 Å². The van der Waals surface area contributed by atoms with E-state index in [0.717, 1.165) is 17.1 Å². The highest BCUT2D eigenvalue weighted by Gasteiger charge is 2.18. The quantitative estimate of drug-likeness (QED) is 0.483. The summed E-state index contributed by atoms with van der Waals surface area (Å²) in [6.07, 6.45) is 4.93. The normalized spacial score (nSPS) is 11.7. The molecule has 0 N–H and O–H groups in total. The van der Waals surface area contributed by atoms with E-state index in [1.54, 1.807) is 4.68 Å². The fourth-order valence-electron chi connectivity index (χ4n) is 3.86. The van der Waals surface area contributed by atoms with Crippen molar-refractivity contribution in [3.05, 3.63) is 54.4 Å². The summed E-state index contributed by atoms with van der Waals surface area (Å²) in [7, 11) is 1.88. The molecule has 0 amide bonds. The minimum Gasteiger partial charge on any atom is -0.352 e. The minimum atomic E-state index is -0.408. The second-order valence-electron chi connectivity index (χ2n) is 8.00. The molecule has 0 spiro atoms. The van der Waals surface area contributed by atoms with Crippen LogP contribution in [0.1, 0.15) is 33.4 Å². The van der Waals surface area contributed by atoms with Crippen molar-refractivity contribution >= 4 is 17.0 Å². The molecule has 4 aromatic rings. The number of aromatic nitrogens is 6. The Morgan fingerprint density at radius 1 is 1.03 bits per heavy atom. The summed E-state index contributed by atoms with van der Waals surface area (Å²) in [4.78, 5) is 15.9. The summed E-state index contributed by atoms with van der Waals surface area (Å²) in [5, 5.41) is 4.46. The van der Waals surface area contributed by atoms with Gasteiger partial charge in [-0.2, -0.15) is 5.10 Å². The van der Waals surface area contributed by atoms with E-state index >= 15 is 0 Å². The van der Waals surface area contributed by atoms with Crippen LogP contribution in [-0.2, 0) is 13.6 Å². The molecule has 0 aliphatic heterocycles. The molecule has 0 unspecified atom stereocenters. The first-order valence-corrected chi connectivity index (χ1v) is 10.1. The molecule has 8 heteroatoms. The predicted octanol–water partition coefficient (Wildman–Crippen LogP) is 4.04. The number of nitrogens with zero attached hydrogens (tertiary/aromatic N) is 7. The Morgan fingerprint density at radius 3 is 2.40 bits per heavy atom. The van der Waals surface area contributed by atoms with Crippen molar-refractivity contribution in [3.63, 3.8) is 0 Å². The number of hydrogen-bond donors (Lipinski definition) is 0. The molecule has 0 bridgehead atoms. The first-order chi connectivity index (χ1) is 14.3. The van der Waals surface area contributed by atoms with Crippen LogP contribution in [0, 0.1) is 5.82 Å². The highest BCUT2D eigenvalue weighted by molar-refractivity contribution is 5.77. The van der Waals surface area contributed by atoms with E-state index in [1.807, 2.05) is 42.2 Å². The van der Waals surface area contributed by atoms with Gasteiger partial charge in [0.25, 0.3) is 0 Å². The third-order valence-electron chi connectivity index (χ3n) is 5.02. The van der Waals surface area contributed by atoms with E-state index in [9.17, 15) is 4.39 Å². The molecular formula is C22H26FN7. The monoisotopic (exact) mass is 407 g/mol. The fourth-order valence-corrected chi connectivity index (χ4v) is 3.86. The zero-order valence-corrected chi connectivity index (χ0v) is 17.9. The molecule has 0 saturated heterocycles. The molecule has 0 atom stereocenters. The summed E-state index contributed by atoms with van der Waals surface area (Å²) in [6, 6.07) is 8.04. The Balaban J connectivity index is 1.78. The van der Waals surface area contributed by atoms with Crippen LogP contribution in [0.3, 0.4) is 0 Å². The van der Waals surface area contributed by atoms with Crippen molar-refractivity contribution in [1.82, 2.24) is 29.3 Å². The third-order valence-corrected chi connectivity index (χ3v) is 5.02. The van der Waals surface area contributed by atoms with E-state index in [1.165, 1.54) is 12.3 Å². The van der Waals surface area contributed by atoms with Gasteiger partial charge in [-0.15, -0.1) is 0 Å². The van der Waals surface area contributed by atoms with Crippen LogP contribution in [-0.4, -0.2) is 41.4 Å². The Kier molecular flexibility index (Phi) is 5.24. The number of rotatable bonds is 6. The zero-order valence-electron chi connectivity index (χ0n) is 17.9. The smallest absolute Gasteiger partial charge is 0.160 e. The molecule has 0 aliphatic carbocycles. The van der Waals surface area contributed by atoms with Crippen LogP contribution in [0.5, 0.6) is 0 Å². The Labute approximate surface area is 175 Å². The van der Waals surface area contributed by atoms with Gasteiger partial charge in [-0.05, 0) is 45.9 Å². The van der Waals surface area contributed by atoms with Gasteiger partial charge in [0.2, 0.25) is 0 Å². The van der Waals surface area contributed by atoms with Gasteiger partial charge in [-0.25, -0.2) is 19.3 Å². The number of anilines is 1. The number of fused-ring (bicyclic) bond motifs is 1. The van der Waals surface area contributed by atoms with E-state index in [4.69, 9.17) is 4.98 Å². The van der Waals surface area contributed by atoms with Crippen LogP contribution >= 0.6 is 0 Å². The number of halogens is 1. The van der Waals surface area contributed by atoms with E-state index < -0.39 is 5.82 Å². The lowest BCUT2D eigenvalue weighted by atomic mass is 10.2. The van der Waals surface area contributed by atoms with Crippen LogP contribution in [0.25, 0.3) is 22.6 Å². The lowest BCUT2D eigenvalue weighted by Gasteiger charge is -2.31. The maximum absolute atomic E-state index is 13.8. The summed E-state index contributed by atoms with van der Waals surface area (Å²) < 4.78 is 17.5. The van der Waals surface area contributed by atoms with Crippen LogP contribution in [0.4, 0.5) is 10.2 Å². The maximum atomic E-state index is 13.8. The van der Waals surface area contributed by atoms with E-state index in [0.29, 0.717) is 35.6 Å². The van der Waals surface area contributed by atoms with Crippen molar-refractivity contribution in [1.29, 1.82) is 0 Å². The molecule has 30 heavy (non-hydrogen) atoms. The highest BCUT2D eigenvalue weighted by atomic mass is 19.1. The summed E-state index contributed by atoms with van der Waals surface area (Å²) in [5.74, 6) is 1.20. The average molecular weight is 407 g/mol.